The molecule has 2 nitrogen and oxygen atoms in total. The van der Waals surface area contributed by atoms with Crippen molar-refractivity contribution < 1.29 is 10.2 Å². The van der Waals surface area contributed by atoms with Gasteiger partial charge in [-0.3, -0.25) is 0 Å². The molecular formula is C20H34O2. The molecule has 2 heteroatoms. The van der Waals surface area contributed by atoms with Crippen LogP contribution in [0, 0.1) is 16.7 Å². The van der Waals surface area contributed by atoms with Gasteiger partial charge in [-0.05, 0) is 69.1 Å². The Morgan fingerprint density at radius 1 is 1.36 bits per heavy atom. The number of hydrogen-bond donors (Lipinski definition) is 2. The number of aliphatic hydroxyl groups is 2. The third kappa shape index (κ3) is 3.05. The fourth-order valence-electron chi connectivity index (χ4n) is 5.17. The van der Waals surface area contributed by atoms with Crippen molar-refractivity contribution in [2.45, 2.75) is 78.2 Å². The molecule has 0 amide bonds. The second-order valence-corrected chi connectivity index (χ2v) is 8.49. The molecule has 0 heterocycles. The molecule has 2 N–H and O–H groups in total. The summed E-state index contributed by atoms with van der Waals surface area (Å²) in [4.78, 5) is 0. The molecule has 2 aliphatic carbocycles. The Morgan fingerprint density at radius 2 is 2.05 bits per heavy atom. The van der Waals surface area contributed by atoms with E-state index < -0.39 is 5.60 Å². The highest BCUT2D eigenvalue weighted by Gasteiger charge is 2.51. The second-order valence-electron chi connectivity index (χ2n) is 8.49. The Bertz CT molecular complexity index is 462. The van der Waals surface area contributed by atoms with Crippen LogP contribution < -0.4 is 0 Å². The molecule has 0 bridgehead atoms. The Hall–Kier alpha value is -0.600. The van der Waals surface area contributed by atoms with Crippen molar-refractivity contribution in [3.63, 3.8) is 0 Å². The van der Waals surface area contributed by atoms with Gasteiger partial charge in [0.2, 0.25) is 0 Å². The van der Waals surface area contributed by atoms with Crippen LogP contribution in [0.2, 0.25) is 0 Å². The third-order valence-electron chi connectivity index (χ3n) is 6.75. The maximum Gasteiger partial charge on any atom is 0.0800 e. The Balaban J connectivity index is 2.30. The number of allylic oxidation sites excluding steroid dienone is 2. The molecule has 0 aromatic rings. The van der Waals surface area contributed by atoms with Crippen LogP contribution >= 0.6 is 0 Å². The molecule has 2 aliphatic rings. The van der Waals surface area contributed by atoms with E-state index in [-0.39, 0.29) is 10.8 Å². The topological polar surface area (TPSA) is 40.5 Å². The number of hydrogen-bond acceptors (Lipinski definition) is 2. The molecule has 0 unspecified atom stereocenters. The smallest absolute Gasteiger partial charge is 0.0800 e. The van der Waals surface area contributed by atoms with Crippen molar-refractivity contribution in [2.24, 2.45) is 16.7 Å². The summed E-state index contributed by atoms with van der Waals surface area (Å²) in [6.07, 6.45) is 9.22. The van der Waals surface area contributed by atoms with Crippen molar-refractivity contribution in [2.75, 3.05) is 6.61 Å². The quantitative estimate of drug-likeness (QED) is 0.728. The van der Waals surface area contributed by atoms with E-state index in [1.807, 2.05) is 6.92 Å². The molecule has 1 saturated carbocycles. The van der Waals surface area contributed by atoms with E-state index in [2.05, 4.69) is 27.4 Å². The van der Waals surface area contributed by atoms with E-state index in [1.165, 1.54) is 24.8 Å². The summed E-state index contributed by atoms with van der Waals surface area (Å²) < 4.78 is 0. The van der Waals surface area contributed by atoms with Crippen LogP contribution in [-0.4, -0.2) is 22.4 Å². The van der Waals surface area contributed by atoms with Crippen molar-refractivity contribution in [3.8, 4) is 0 Å². The van der Waals surface area contributed by atoms with E-state index in [0.29, 0.717) is 12.5 Å². The van der Waals surface area contributed by atoms with Gasteiger partial charge in [0.05, 0.1) is 5.60 Å². The first-order chi connectivity index (χ1) is 10.2. The summed E-state index contributed by atoms with van der Waals surface area (Å²) in [5, 5.41) is 20.3. The average molecular weight is 306 g/mol. The monoisotopic (exact) mass is 306 g/mol. The highest BCUT2D eigenvalue weighted by atomic mass is 16.3. The molecule has 1 fully saturated rings. The van der Waals surface area contributed by atoms with Gasteiger partial charge in [-0.15, -0.1) is 6.58 Å². The van der Waals surface area contributed by atoms with Crippen LogP contribution in [0.15, 0.2) is 23.8 Å². The zero-order valence-corrected chi connectivity index (χ0v) is 14.9. The highest BCUT2D eigenvalue weighted by Crippen LogP contribution is 2.60. The predicted octanol–water partition coefficient (Wildman–Crippen LogP) is 4.62. The zero-order valence-electron chi connectivity index (χ0n) is 14.9. The minimum atomic E-state index is -0.786. The lowest BCUT2D eigenvalue weighted by Crippen LogP contribution is -2.48. The molecule has 0 aliphatic heterocycles. The van der Waals surface area contributed by atoms with Crippen LogP contribution in [0.3, 0.4) is 0 Å². The van der Waals surface area contributed by atoms with E-state index in [4.69, 9.17) is 0 Å². The van der Waals surface area contributed by atoms with Crippen LogP contribution in [-0.2, 0) is 0 Å². The lowest BCUT2D eigenvalue weighted by Gasteiger charge is -2.56. The molecule has 126 valence electrons. The van der Waals surface area contributed by atoms with E-state index in [9.17, 15) is 10.2 Å². The lowest BCUT2D eigenvalue weighted by molar-refractivity contribution is -0.0399. The summed E-state index contributed by atoms with van der Waals surface area (Å²) >= 11 is 0. The predicted molar refractivity (Wildman–Crippen MR) is 92.6 cm³/mol. The summed E-state index contributed by atoms with van der Waals surface area (Å²) in [7, 11) is 0. The van der Waals surface area contributed by atoms with Gasteiger partial charge >= 0.3 is 0 Å². The summed E-state index contributed by atoms with van der Waals surface area (Å²) in [6.45, 7) is 12.8. The van der Waals surface area contributed by atoms with Gasteiger partial charge < -0.3 is 10.2 Å². The molecule has 2 rings (SSSR count). The molecule has 0 saturated heterocycles. The Morgan fingerprint density at radius 3 is 2.64 bits per heavy atom. The van der Waals surface area contributed by atoms with Crippen LogP contribution in [0.5, 0.6) is 0 Å². The largest absolute Gasteiger partial charge is 0.396 e. The summed E-state index contributed by atoms with van der Waals surface area (Å²) in [5.41, 5.74) is 2.52. The molecule has 0 spiro atoms. The van der Waals surface area contributed by atoms with Crippen molar-refractivity contribution >= 4 is 0 Å². The number of rotatable bonds is 5. The Kier molecular flexibility index (Phi) is 4.94. The summed E-state index contributed by atoms with van der Waals surface area (Å²) in [5.74, 6) is 0.561. The van der Waals surface area contributed by atoms with Crippen LogP contribution in [0.4, 0.5) is 0 Å². The van der Waals surface area contributed by atoms with Gasteiger partial charge in [0, 0.05) is 6.61 Å². The van der Waals surface area contributed by atoms with Gasteiger partial charge in [-0.2, -0.15) is 0 Å². The molecular weight excluding hydrogens is 272 g/mol. The van der Waals surface area contributed by atoms with Gasteiger partial charge in [0.1, 0.15) is 0 Å². The minimum absolute atomic E-state index is 0.0555. The summed E-state index contributed by atoms with van der Waals surface area (Å²) in [6, 6.07) is 0. The molecule has 0 aromatic heterocycles. The Labute approximate surface area is 136 Å². The average Bonchev–Trinajstić information content (AvgIpc) is 2.46. The van der Waals surface area contributed by atoms with Gasteiger partial charge in [0.15, 0.2) is 0 Å². The molecule has 4 atom stereocenters. The van der Waals surface area contributed by atoms with Gasteiger partial charge in [-0.1, -0.05) is 37.5 Å². The van der Waals surface area contributed by atoms with E-state index >= 15 is 0 Å². The van der Waals surface area contributed by atoms with Crippen LogP contribution in [0.25, 0.3) is 0 Å². The second kappa shape index (κ2) is 6.13. The standard InChI is InChI=1S/C20H34O2/c1-6-19(4,22)13-10-16-15(2)8-9-17-18(3,14-21)11-7-12-20(16,17)5/h6,17,21-22H,1,7-14H2,2-5H3/t17-,18+,19+,20+/m0/s1. The van der Waals surface area contributed by atoms with Crippen molar-refractivity contribution in [3.05, 3.63) is 23.8 Å². The highest BCUT2D eigenvalue weighted by molar-refractivity contribution is 5.28. The van der Waals surface area contributed by atoms with Gasteiger partial charge in [0.25, 0.3) is 0 Å². The molecule has 22 heavy (non-hydrogen) atoms. The van der Waals surface area contributed by atoms with Crippen molar-refractivity contribution in [1.29, 1.82) is 0 Å². The molecule has 0 aromatic carbocycles. The minimum Gasteiger partial charge on any atom is -0.396 e. The first-order valence-corrected chi connectivity index (χ1v) is 8.84. The first kappa shape index (κ1) is 17.7. The van der Waals surface area contributed by atoms with E-state index in [0.717, 1.165) is 25.7 Å². The fourth-order valence-corrected chi connectivity index (χ4v) is 5.17. The maximum absolute atomic E-state index is 10.3. The first-order valence-electron chi connectivity index (χ1n) is 8.84. The number of aliphatic hydroxyl groups excluding tert-OH is 1. The maximum atomic E-state index is 10.3. The number of fused-ring (bicyclic) bond motifs is 1. The fraction of sp³-hybridized carbons (Fsp3) is 0.800. The SMILES string of the molecule is C=C[C@@](C)(O)CCC1=C(C)CC[C@H]2[C@@](C)(CO)CCC[C@]12C. The normalized spacial score (nSPS) is 38.4. The van der Waals surface area contributed by atoms with E-state index in [1.54, 1.807) is 11.6 Å². The molecule has 0 radical (unpaired) electrons. The lowest BCUT2D eigenvalue weighted by atomic mass is 9.49. The van der Waals surface area contributed by atoms with Crippen molar-refractivity contribution in [1.82, 2.24) is 0 Å². The third-order valence-corrected chi connectivity index (χ3v) is 6.75. The zero-order chi connectivity index (χ0) is 16.6. The van der Waals surface area contributed by atoms with Crippen LogP contribution in [0.1, 0.15) is 72.6 Å². The van der Waals surface area contributed by atoms with Gasteiger partial charge in [-0.25, -0.2) is 0 Å².